The second kappa shape index (κ2) is 13.2. The number of hydrogen-bond donors (Lipinski definition) is 2. The molecular weight excluding hydrogens is 494 g/mol. The van der Waals surface area contributed by atoms with Crippen LogP contribution in [0, 0.1) is 5.92 Å². The van der Waals surface area contributed by atoms with Gasteiger partial charge in [0.25, 0.3) is 0 Å². The number of nitrogens with two attached hydrogens (primary N) is 1. The smallest absolute Gasteiger partial charge is 0.226 e. The normalized spacial score (nSPS) is 14.7. The molecule has 0 aliphatic heterocycles. The summed E-state index contributed by atoms with van der Waals surface area (Å²) in [6.07, 6.45) is 12.2. The van der Waals surface area contributed by atoms with E-state index in [2.05, 4.69) is 93.9 Å². The lowest BCUT2D eigenvalue weighted by atomic mass is 9.77. The average molecular weight is 534 g/mol. The fraction of sp³-hybridized carbons (Fsp3) is 0.324. The van der Waals surface area contributed by atoms with Gasteiger partial charge in [-0.3, -0.25) is 15.1 Å². The maximum absolute atomic E-state index is 12.3. The predicted octanol–water partition coefficient (Wildman–Crippen LogP) is 6.06. The lowest BCUT2D eigenvalue weighted by Crippen LogP contribution is -2.38. The van der Waals surface area contributed by atoms with E-state index in [1.165, 1.54) is 19.3 Å². The minimum absolute atomic E-state index is 0.0223. The third kappa shape index (κ3) is 6.33. The summed E-state index contributed by atoms with van der Waals surface area (Å²) in [6.45, 7) is 0.531. The first-order chi connectivity index (χ1) is 19.7. The van der Waals surface area contributed by atoms with Crippen LogP contribution in [0.25, 0.3) is 0 Å². The van der Waals surface area contributed by atoms with E-state index in [0.29, 0.717) is 18.9 Å². The van der Waals surface area contributed by atoms with Gasteiger partial charge < -0.3 is 10.3 Å². The molecule has 3 aromatic carbocycles. The Morgan fingerprint density at radius 1 is 0.875 bits per heavy atom. The van der Waals surface area contributed by atoms with Crippen LogP contribution in [0.1, 0.15) is 67.3 Å². The van der Waals surface area contributed by atoms with E-state index in [0.717, 1.165) is 48.1 Å². The summed E-state index contributed by atoms with van der Waals surface area (Å²) in [5.74, 6) is 0.667. The largest absolute Gasteiger partial charge is 0.370 e. The topological polar surface area (TPSA) is 85.3 Å². The fourth-order valence-corrected chi connectivity index (χ4v) is 6.01. The molecule has 0 bridgehead atoms. The fourth-order valence-electron chi connectivity index (χ4n) is 6.01. The zero-order valence-corrected chi connectivity index (χ0v) is 23.1. The molecule has 1 aliphatic carbocycles. The first-order valence-corrected chi connectivity index (χ1v) is 14.5. The lowest BCUT2D eigenvalue weighted by Gasteiger charge is -2.37. The second-order valence-corrected chi connectivity index (χ2v) is 10.7. The number of carbonyl (C=O) groups excluding carboxylic acids is 1. The lowest BCUT2D eigenvalue weighted by molar-refractivity contribution is -0.120. The van der Waals surface area contributed by atoms with E-state index in [-0.39, 0.29) is 11.9 Å². The summed E-state index contributed by atoms with van der Waals surface area (Å²) >= 11 is 0. The van der Waals surface area contributed by atoms with Crippen LogP contribution in [0.3, 0.4) is 0 Å². The number of aryl methyl sites for hydroxylation is 1. The Morgan fingerprint density at radius 3 is 1.98 bits per heavy atom. The van der Waals surface area contributed by atoms with Gasteiger partial charge in [-0.25, -0.2) is 4.98 Å². The highest BCUT2D eigenvalue weighted by Crippen LogP contribution is 2.40. The Kier molecular flexibility index (Phi) is 9.07. The van der Waals surface area contributed by atoms with Gasteiger partial charge in [-0.15, -0.1) is 0 Å². The molecular formula is C34H39N5O. The average Bonchev–Trinajstić information content (AvgIpc) is 3.47. The van der Waals surface area contributed by atoms with Crippen molar-refractivity contribution in [2.45, 2.75) is 56.9 Å². The van der Waals surface area contributed by atoms with Gasteiger partial charge in [0.1, 0.15) is 5.54 Å². The molecule has 1 aliphatic rings. The van der Waals surface area contributed by atoms with Gasteiger partial charge in [0, 0.05) is 19.2 Å². The number of guanidine groups is 1. The zero-order valence-electron chi connectivity index (χ0n) is 23.1. The maximum atomic E-state index is 12.3. The van der Waals surface area contributed by atoms with Gasteiger partial charge in [0.15, 0.2) is 5.96 Å². The Labute approximate surface area is 237 Å². The molecule has 6 heteroatoms. The number of imidazole rings is 1. The van der Waals surface area contributed by atoms with Crippen LogP contribution in [0.15, 0.2) is 109 Å². The second-order valence-electron chi connectivity index (χ2n) is 10.7. The van der Waals surface area contributed by atoms with Crippen molar-refractivity contribution in [2.24, 2.45) is 16.6 Å². The maximum Gasteiger partial charge on any atom is 0.226 e. The number of amides is 1. The summed E-state index contributed by atoms with van der Waals surface area (Å²) in [7, 11) is 0. The molecule has 1 heterocycles. The highest BCUT2D eigenvalue weighted by molar-refractivity contribution is 5.96. The number of benzene rings is 3. The van der Waals surface area contributed by atoms with E-state index < -0.39 is 5.54 Å². The van der Waals surface area contributed by atoms with Crippen molar-refractivity contribution in [3.63, 3.8) is 0 Å². The van der Waals surface area contributed by atoms with Crippen molar-refractivity contribution < 1.29 is 4.79 Å². The number of rotatable bonds is 10. The molecule has 1 aromatic heterocycles. The van der Waals surface area contributed by atoms with Crippen molar-refractivity contribution >= 4 is 11.9 Å². The van der Waals surface area contributed by atoms with Crippen LogP contribution in [-0.4, -0.2) is 28.0 Å². The molecule has 3 N–H and O–H groups in total. The van der Waals surface area contributed by atoms with Crippen LogP contribution >= 0.6 is 0 Å². The third-order valence-electron chi connectivity index (χ3n) is 7.94. The van der Waals surface area contributed by atoms with E-state index in [4.69, 9.17) is 10.7 Å². The van der Waals surface area contributed by atoms with Gasteiger partial charge in [0.05, 0.1) is 12.0 Å². The van der Waals surface area contributed by atoms with Gasteiger partial charge in [-0.2, -0.15) is 0 Å². The highest BCUT2D eigenvalue weighted by Gasteiger charge is 2.38. The predicted molar refractivity (Wildman–Crippen MR) is 161 cm³/mol. The molecule has 1 saturated carbocycles. The summed E-state index contributed by atoms with van der Waals surface area (Å²) in [4.78, 5) is 21.5. The molecule has 4 aromatic rings. The van der Waals surface area contributed by atoms with E-state index in [1.54, 1.807) is 0 Å². The molecule has 40 heavy (non-hydrogen) atoms. The number of aromatic nitrogens is 2. The SMILES string of the molecule is NC(=NCCCc1cn(C(c2ccccc2)(c2ccccc2)c2ccccc2)cn1)NC(=O)CC1CCCCC1. The van der Waals surface area contributed by atoms with Crippen LogP contribution in [0.4, 0.5) is 0 Å². The van der Waals surface area contributed by atoms with Crippen LogP contribution in [-0.2, 0) is 16.8 Å². The number of nitrogens with zero attached hydrogens (tertiary/aromatic N) is 3. The molecule has 0 spiro atoms. The summed E-state index contributed by atoms with van der Waals surface area (Å²) in [5, 5.41) is 2.77. The van der Waals surface area contributed by atoms with Gasteiger partial charge >= 0.3 is 0 Å². The Balaban J connectivity index is 1.31. The third-order valence-corrected chi connectivity index (χ3v) is 7.94. The van der Waals surface area contributed by atoms with Crippen molar-refractivity contribution in [1.29, 1.82) is 0 Å². The number of hydrogen-bond acceptors (Lipinski definition) is 3. The number of aliphatic imine (C=N–C) groups is 1. The van der Waals surface area contributed by atoms with Crippen LogP contribution in [0.2, 0.25) is 0 Å². The zero-order chi connectivity index (χ0) is 27.6. The van der Waals surface area contributed by atoms with Gasteiger partial charge in [0.2, 0.25) is 5.91 Å². The van der Waals surface area contributed by atoms with Crippen molar-refractivity contribution in [2.75, 3.05) is 6.54 Å². The number of carbonyl (C=O) groups is 1. The molecule has 0 saturated heterocycles. The van der Waals surface area contributed by atoms with Crippen LogP contribution in [0.5, 0.6) is 0 Å². The molecule has 206 valence electrons. The van der Waals surface area contributed by atoms with E-state index >= 15 is 0 Å². The molecule has 0 unspecified atom stereocenters. The van der Waals surface area contributed by atoms with Crippen molar-refractivity contribution in [3.05, 3.63) is 126 Å². The van der Waals surface area contributed by atoms with E-state index in [1.807, 2.05) is 24.5 Å². The molecule has 1 amide bonds. The standard InChI is InChI=1S/C34H39N5O/c35-33(38-32(40)24-27-14-5-1-6-15-27)36-23-13-22-31-25-39(26-37-31)34(28-16-7-2-8-17-28,29-18-9-3-10-19-29)30-20-11-4-12-21-30/h2-4,7-12,16-21,25-27H,1,5-6,13-15,22-24H2,(H3,35,36,38,40). The quantitative estimate of drug-likeness (QED) is 0.113. The first-order valence-electron chi connectivity index (χ1n) is 14.5. The molecule has 6 nitrogen and oxygen atoms in total. The molecule has 1 fully saturated rings. The molecule has 0 atom stereocenters. The molecule has 0 radical (unpaired) electrons. The van der Waals surface area contributed by atoms with Crippen LogP contribution < -0.4 is 11.1 Å². The monoisotopic (exact) mass is 533 g/mol. The summed E-state index contributed by atoms with van der Waals surface area (Å²) in [5.41, 5.74) is 9.92. The highest BCUT2D eigenvalue weighted by atomic mass is 16.1. The van der Waals surface area contributed by atoms with E-state index in [9.17, 15) is 4.79 Å². The van der Waals surface area contributed by atoms with Gasteiger partial charge in [-0.1, -0.05) is 110 Å². The molecule has 5 rings (SSSR count). The summed E-state index contributed by atoms with van der Waals surface area (Å²) in [6, 6.07) is 31.8. The minimum atomic E-state index is -0.569. The number of nitrogens with one attached hydrogen (secondary N) is 1. The Hall–Kier alpha value is -4.19. The van der Waals surface area contributed by atoms with Gasteiger partial charge in [-0.05, 0) is 48.3 Å². The Bertz CT molecular complexity index is 1280. The summed E-state index contributed by atoms with van der Waals surface area (Å²) < 4.78 is 2.23. The van der Waals surface area contributed by atoms with Crippen molar-refractivity contribution in [3.8, 4) is 0 Å². The first kappa shape index (κ1) is 27.4. The Morgan fingerprint density at radius 2 is 1.43 bits per heavy atom. The minimum Gasteiger partial charge on any atom is -0.370 e. The van der Waals surface area contributed by atoms with Crippen molar-refractivity contribution in [1.82, 2.24) is 14.9 Å².